The van der Waals surface area contributed by atoms with Gasteiger partial charge in [-0.25, -0.2) is 4.79 Å². The van der Waals surface area contributed by atoms with Crippen molar-refractivity contribution in [2.24, 2.45) is 7.05 Å². The molecule has 0 radical (unpaired) electrons. The molecular weight excluding hydrogens is 374 g/mol. The quantitative estimate of drug-likeness (QED) is 0.770. The molecule has 28 heavy (non-hydrogen) atoms. The number of ether oxygens (including phenoxy) is 1. The van der Waals surface area contributed by atoms with Crippen molar-refractivity contribution in [2.75, 3.05) is 11.9 Å². The lowest BCUT2D eigenvalue weighted by Gasteiger charge is -2.30. The highest BCUT2D eigenvalue weighted by Gasteiger charge is 2.29. The Labute approximate surface area is 171 Å². The van der Waals surface area contributed by atoms with E-state index in [1.54, 1.807) is 9.58 Å². The number of anilines is 1. The van der Waals surface area contributed by atoms with Crippen LogP contribution < -0.4 is 10.6 Å². The molecular formula is C20H27N5O2S. The zero-order valence-corrected chi connectivity index (χ0v) is 17.6. The van der Waals surface area contributed by atoms with E-state index in [0.717, 1.165) is 22.6 Å². The van der Waals surface area contributed by atoms with Crippen LogP contribution in [0.25, 0.3) is 0 Å². The van der Waals surface area contributed by atoms with E-state index in [9.17, 15) is 4.79 Å². The monoisotopic (exact) mass is 401 g/mol. The van der Waals surface area contributed by atoms with Gasteiger partial charge in [-0.1, -0.05) is 30.3 Å². The number of rotatable bonds is 3. The molecule has 8 heteroatoms. The second kappa shape index (κ2) is 8.18. The molecule has 7 nitrogen and oxygen atoms in total. The molecule has 0 spiro atoms. The van der Waals surface area contributed by atoms with E-state index in [2.05, 4.69) is 15.7 Å². The van der Waals surface area contributed by atoms with Gasteiger partial charge in [0.1, 0.15) is 11.4 Å². The number of nitrogens with zero attached hydrogens (tertiary/aromatic N) is 3. The van der Waals surface area contributed by atoms with Crippen LogP contribution in [0.15, 0.2) is 30.3 Å². The third kappa shape index (κ3) is 5.01. The first-order chi connectivity index (χ1) is 13.2. The second-order valence-corrected chi connectivity index (χ2v) is 8.25. The van der Waals surface area contributed by atoms with Crippen LogP contribution in [0.4, 0.5) is 10.6 Å². The molecule has 0 saturated heterocycles. The van der Waals surface area contributed by atoms with E-state index >= 15 is 0 Å². The summed E-state index contributed by atoms with van der Waals surface area (Å²) in [6.07, 6.45) is 0.381. The van der Waals surface area contributed by atoms with Gasteiger partial charge in [-0.05, 0) is 38.6 Å². The summed E-state index contributed by atoms with van der Waals surface area (Å²) in [6, 6.07) is 10.1. The fourth-order valence-electron chi connectivity index (χ4n) is 3.07. The summed E-state index contributed by atoms with van der Waals surface area (Å²) in [5, 5.41) is 11.5. The van der Waals surface area contributed by atoms with Crippen LogP contribution in [0.5, 0.6) is 0 Å². The Morgan fingerprint density at radius 3 is 2.68 bits per heavy atom. The van der Waals surface area contributed by atoms with E-state index in [4.69, 9.17) is 17.0 Å². The van der Waals surface area contributed by atoms with E-state index in [-0.39, 0.29) is 6.09 Å². The molecule has 2 heterocycles. The standard InChI is InChI=1S/C20H27N5O2S/c1-20(2,3)27-19(26)25-11-10-16-15(13-25)17(24(4)23-16)22-18(28)21-12-14-8-6-5-7-9-14/h5-9H,10-13H2,1-4H3,(H2,21,22,28). The van der Waals surface area contributed by atoms with Gasteiger partial charge >= 0.3 is 6.09 Å². The zero-order valence-electron chi connectivity index (χ0n) is 16.8. The Morgan fingerprint density at radius 1 is 1.29 bits per heavy atom. The van der Waals surface area contributed by atoms with Crippen molar-refractivity contribution in [2.45, 2.75) is 45.9 Å². The normalized spacial score (nSPS) is 13.6. The number of aromatic nitrogens is 2. The first-order valence-corrected chi connectivity index (χ1v) is 9.75. The minimum Gasteiger partial charge on any atom is -0.444 e. The van der Waals surface area contributed by atoms with Crippen LogP contribution in [0.1, 0.15) is 37.6 Å². The van der Waals surface area contributed by atoms with E-state index in [1.807, 2.05) is 58.2 Å². The number of carbonyl (C=O) groups excluding carboxylic acids is 1. The minimum absolute atomic E-state index is 0.308. The molecule has 0 unspecified atom stereocenters. The molecule has 3 rings (SSSR count). The molecule has 2 aromatic rings. The van der Waals surface area contributed by atoms with Crippen molar-refractivity contribution in [3.8, 4) is 0 Å². The van der Waals surface area contributed by atoms with Crippen molar-refractivity contribution >= 4 is 29.2 Å². The van der Waals surface area contributed by atoms with E-state index in [1.165, 1.54) is 0 Å². The molecule has 1 aliphatic rings. The van der Waals surface area contributed by atoms with Gasteiger partial charge in [-0.3, -0.25) is 4.68 Å². The number of hydrogen-bond donors (Lipinski definition) is 2. The van der Waals surface area contributed by atoms with Crippen LogP contribution in [0.2, 0.25) is 0 Å². The first-order valence-electron chi connectivity index (χ1n) is 9.34. The third-order valence-corrected chi connectivity index (χ3v) is 4.62. The fraction of sp³-hybridized carbons (Fsp3) is 0.450. The van der Waals surface area contributed by atoms with Gasteiger partial charge in [0, 0.05) is 32.1 Å². The Morgan fingerprint density at radius 2 is 2.00 bits per heavy atom. The lowest BCUT2D eigenvalue weighted by atomic mass is 10.1. The predicted octanol–water partition coefficient (Wildman–Crippen LogP) is 3.20. The number of thiocarbonyl (C=S) groups is 1. The summed E-state index contributed by atoms with van der Waals surface area (Å²) in [7, 11) is 1.87. The number of hydrogen-bond acceptors (Lipinski definition) is 4. The maximum atomic E-state index is 12.4. The Bertz CT molecular complexity index is 857. The topological polar surface area (TPSA) is 71.4 Å². The summed E-state index contributed by atoms with van der Waals surface area (Å²) in [5.41, 5.74) is 2.59. The molecule has 0 bridgehead atoms. The van der Waals surface area contributed by atoms with Crippen molar-refractivity contribution in [3.05, 3.63) is 47.2 Å². The molecule has 0 fully saturated rings. The van der Waals surface area contributed by atoms with Gasteiger partial charge in [-0.2, -0.15) is 5.10 Å². The van der Waals surface area contributed by atoms with Crippen molar-refractivity contribution in [1.82, 2.24) is 20.0 Å². The van der Waals surface area contributed by atoms with Crippen LogP contribution in [0.3, 0.4) is 0 Å². The summed E-state index contributed by atoms with van der Waals surface area (Å²) >= 11 is 5.45. The molecule has 1 aromatic heterocycles. The first kappa shape index (κ1) is 20.1. The largest absolute Gasteiger partial charge is 0.444 e. The number of aryl methyl sites for hydroxylation is 1. The van der Waals surface area contributed by atoms with Crippen LogP contribution in [-0.2, 0) is 31.3 Å². The molecule has 1 amide bonds. The number of amides is 1. The minimum atomic E-state index is -0.518. The van der Waals surface area contributed by atoms with E-state index < -0.39 is 5.60 Å². The maximum Gasteiger partial charge on any atom is 0.410 e. The fourth-order valence-corrected chi connectivity index (χ4v) is 3.24. The summed E-state index contributed by atoms with van der Waals surface area (Å²) in [4.78, 5) is 14.2. The number of fused-ring (bicyclic) bond motifs is 1. The molecule has 0 atom stereocenters. The smallest absolute Gasteiger partial charge is 0.410 e. The van der Waals surface area contributed by atoms with Crippen molar-refractivity contribution in [1.29, 1.82) is 0 Å². The lowest BCUT2D eigenvalue weighted by molar-refractivity contribution is 0.0224. The van der Waals surface area contributed by atoms with Crippen molar-refractivity contribution < 1.29 is 9.53 Å². The molecule has 0 aliphatic carbocycles. The van der Waals surface area contributed by atoms with Gasteiger partial charge in [0.05, 0.1) is 12.2 Å². The number of benzene rings is 1. The van der Waals surface area contributed by atoms with Gasteiger partial charge in [0.15, 0.2) is 5.11 Å². The van der Waals surface area contributed by atoms with Crippen LogP contribution >= 0.6 is 12.2 Å². The molecule has 2 N–H and O–H groups in total. The van der Waals surface area contributed by atoms with Gasteiger partial charge in [-0.15, -0.1) is 0 Å². The van der Waals surface area contributed by atoms with Crippen LogP contribution in [0, 0.1) is 0 Å². The number of carbonyl (C=O) groups is 1. The highest BCUT2D eigenvalue weighted by atomic mass is 32.1. The summed E-state index contributed by atoms with van der Waals surface area (Å²) in [6.45, 7) is 7.28. The van der Waals surface area contributed by atoms with Crippen molar-refractivity contribution in [3.63, 3.8) is 0 Å². The third-order valence-electron chi connectivity index (χ3n) is 4.38. The zero-order chi connectivity index (χ0) is 20.3. The molecule has 0 saturated carbocycles. The predicted molar refractivity (Wildman–Crippen MR) is 113 cm³/mol. The Hall–Kier alpha value is -2.61. The number of nitrogens with one attached hydrogen (secondary N) is 2. The van der Waals surface area contributed by atoms with Crippen LogP contribution in [-0.4, -0.2) is 38.0 Å². The average Bonchev–Trinajstić information content (AvgIpc) is 2.94. The summed E-state index contributed by atoms with van der Waals surface area (Å²) < 4.78 is 7.29. The summed E-state index contributed by atoms with van der Waals surface area (Å²) in [5.74, 6) is 0.800. The molecule has 150 valence electrons. The second-order valence-electron chi connectivity index (χ2n) is 7.84. The highest BCUT2D eigenvalue weighted by molar-refractivity contribution is 7.80. The molecule has 1 aliphatic heterocycles. The maximum absolute atomic E-state index is 12.4. The van der Waals surface area contributed by atoms with Gasteiger partial charge in [0.2, 0.25) is 0 Å². The highest BCUT2D eigenvalue weighted by Crippen LogP contribution is 2.26. The van der Waals surface area contributed by atoms with Gasteiger partial charge in [0.25, 0.3) is 0 Å². The molecule has 1 aromatic carbocycles. The lowest BCUT2D eigenvalue weighted by Crippen LogP contribution is -2.40. The Kier molecular flexibility index (Phi) is 5.88. The van der Waals surface area contributed by atoms with Gasteiger partial charge < -0.3 is 20.3 Å². The van der Waals surface area contributed by atoms with E-state index in [0.29, 0.717) is 31.2 Å². The average molecular weight is 402 g/mol. The Balaban J connectivity index is 1.66. The SMILES string of the molecule is Cn1nc2c(c1NC(=S)NCc1ccccc1)CN(C(=O)OC(C)(C)C)CC2.